The summed E-state index contributed by atoms with van der Waals surface area (Å²) in [6.45, 7) is 0.387. The van der Waals surface area contributed by atoms with E-state index in [2.05, 4.69) is 14.8 Å². The summed E-state index contributed by atoms with van der Waals surface area (Å²) in [6, 6.07) is 0. The second kappa shape index (κ2) is 4.78. The molecule has 1 aliphatic rings. The minimum atomic E-state index is 0.387. The van der Waals surface area contributed by atoms with E-state index in [-0.39, 0.29) is 0 Å². The van der Waals surface area contributed by atoms with E-state index in [0.29, 0.717) is 6.61 Å². The Kier molecular flexibility index (Phi) is 3.37. The predicted molar refractivity (Wildman–Crippen MR) is 35.5 cm³/mol. The molecule has 0 N–H and O–H groups in total. The fraction of sp³-hybridized carbons (Fsp3) is 0.143. The normalized spacial score (nSPS) is 28.0. The van der Waals surface area contributed by atoms with Crippen molar-refractivity contribution in [2.24, 2.45) is 0 Å². The van der Waals surface area contributed by atoms with Crippen molar-refractivity contribution in [2.45, 2.75) is 0 Å². The van der Waals surface area contributed by atoms with Crippen LogP contribution in [-0.2, 0) is 14.8 Å². The van der Waals surface area contributed by atoms with E-state index in [1.807, 2.05) is 18.2 Å². The summed E-state index contributed by atoms with van der Waals surface area (Å²) in [5, 5.41) is 4.24. The van der Waals surface area contributed by atoms with Gasteiger partial charge in [0.05, 0.1) is 0 Å². The van der Waals surface area contributed by atoms with Gasteiger partial charge < -0.3 is 4.89 Å². The van der Waals surface area contributed by atoms with Crippen LogP contribution in [0.2, 0.25) is 0 Å². The molecule has 0 aromatic rings. The van der Waals surface area contributed by atoms with Gasteiger partial charge in [-0.1, -0.05) is 24.3 Å². The van der Waals surface area contributed by atoms with Gasteiger partial charge in [-0.2, -0.15) is 4.89 Å². The zero-order valence-electron chi connectivity index (χ0n) is 5.40. The summed E-state index contributed by atoms with van der Waals surface area (Å²) in [5.74, 6) is 0. The van der Waals surface area contributed by atoms with Crippen LogP contribution in [0.15, 0.2) is 36.6 Å². The summed E-state index contributed by atoms with van der Waals surface area (Å²) >= 11 is 0. The smallest absolute Gasteiger partial charge is 0.132 e. The third-order valence-corrected chi connectivity index (χ3v) is 0.855. The van der Waals surface area contributed by atoms with Gasteiger partial charge in [-0.05, 0) is 11.1 Å². The van der Waals surface area contributed by atoms with Crippen LogP contribution < -0.4 is 0 Å². The lowest BCUT2D eigenvalue weighted by molar-refractivity contribution is -0.486. The maximum absolute atomic E-state index is 4.52. The Bertz CT molecular complexity index is 140. The second-order valence-electron chi connectivity index (χ2n) is 1.59. The highest BCUT2D eigenvalue weighted by Crippen LogP contribution is 1.89. The molecule has 0 spiro atoms. The van der Waals surface area contributed by atoms with Gasteiger partial charge in [0, 0.05) is 0 Å². The van der Waals surface area contributed by atoms with Crippen molar-refractivity contribution in [2.75, 3.05) is 6.61 Å². The van der Waals surface area contributed by atoms with Crippen LogP contribution in [0.4, 0.5) is 0 Å². The molecule has 10 heavy (non-hydrogen) atoms. The summed E-state index contributed by atoms with van der Waals surface area (Å²) in [4.78, 5) is 8.94. The minimum Gasteiger partial charge on any atom is -0.316 e. The van der Waals surface area contributed by atoms with Crippen molar-refractivity contribution in [3.63, 3.8) is 0 Å². The quantitative estimate of drug-likeness (QED) is 0.477. The van der Waals surface area contributed by atoms with E-state index in [1.54, 1.807) is 12.2 Å². The third-order valence-electron chi connectivity index (χ3n) is 0.855. The van der Waals surface area contributed by atoms with Crippen molar-refractivity contribution in [1.82, 2.24) is 0 Å². The first-order valence-corrected chi connectivity index (χ1v) is 2.93. The molecule has 0 fully saturated rings. The van der Waals surface area contributed by atoms with Crippen LogP contribution in [0.3, 0.4) is 0 Å². The fourth-order valence-corrected chi connectivity index (χ4v) is 0.457. The lowest BCUT2D eigenvalue weighted by Gasteiger charge is -1.96. The van der Waals surface area contributed by atoms with Gasteiger partial charge in [-0.25, -0.2) is 0 Å². The fourth-order valence-electron chi connectivity index (χ4n) is 0.457. The van der Waals surface area contributed by atoms with Gasteiger partial charge in [-0.15, -0.1) is 0 Å². The highest BCUT2D eigenvalue weighted by molar-refractivity contribution is 5.09. The molecule has 0 unspecified atom stereocenters. The molecule has 0 aliphatic carbocycles. The predicted octanol–water partition coefficient (Wildman–Crippen LogP) is 1.51. The lowest BCUT2D eigenvalue weighted by atomic mass is 10.4. The number of rotatable bonds is 0. The Hall–Kier alpha value is -1.06. The minimum absolute atomic E-state index is 0.387. The lowest BCUT2D eigenvalue weighted by Crippen LogP contribution is -1.91. The highest BCUT2D eigenvalue weighted by Gasteiger charge is 1.81. The van der Waals surface area contributed by atoms with E-state index in [1.165, 1.54) is 6.26 Å². The van der Waals surface area contributed by atoms with E-state index in [9.17, 15) is 0 Å². The molecule has 0 bridgehead atoms. The zero-order valence-corrected chi connectivity index (χ0v) is 5.40. The third kappa shape index (κ3) is 3.06. The molecule has 0 aromatic carbocycles. The van der Waals surface area contributed by atoms with Crippen molar-refractivity contribution < 1.29 is 14.8 Å². The van der Waals surface area contributed by atoms with E-state index in [0.717, 1.165) is 0 Å². The van der Waals surface area contributed by atoms with Crippen molar-refractivity contribution in [1.29, 1.82) is 0 Å². The van der Waals surface area contributed by atoms with Gasteiger partial charge in [0.15, 0.2) is 0 Å². The Morgan fingerprint density at radius 1 is 1.00 bits per heavy atom. The maximum Gasteiger partial charge on any atom is 0.132 e. The average molecular weight is 140 g/mol. The largest absolute Gasteiger partial charge is 0.316 e. The van der Waals surface area contributed by atoms with Crippen LogP contribution in [-0.4, -0.2) is 6.61 Å². The molecule has 0 saturated heterocycles. The SMILES string of the molecule is C1=C\C=C/OOOC\C=C/1. The van der Waals surface area contributed by atoms with Crippen LogP contribution in [0, 0.1) is 0 Å². The van der Waals surface area contributed by atoms with Gasteiger partial charge in [0.2, 0.25) is 0 Å². The topological polar surface area (TPSA) is 27.7 Å². The molecule has 0 amide bonds. The number of allylic oxidation sites excluding steroid dienone is 4. The molecular weight excluding hydrogens is 132 g/mol. The molecule has 1 rings (SSSR count). The summed E-state index contributed by atoms with van der Waals surface area (Å²) < 4.78 is 0. The standard InChI is InChI=1S/C7H8O3/c1-2-4-6-8-10-9-7-5-3-1/h1-6H,7H2/b2-1-,5-3-,6-4-. The van der Waals surface area contributed by atoms with Crippen LogP contribution in [0.1, 0.15) is 0 Å². The molecule has 1 heterocycles. The van der Waals surface area contributed by atoms with E-state index < -0.39 is 0 Å². The van der Waals surface area contributed by atoms with E-state index >= 15 is 0 Å². The van der Waals surface area contributed by atoms with Gasteiger partial charge in [-0.3, -0.25) is 0 Å². The zero-order chi connectivity index (χ0) is 7.07. The second-order valence-corrected chi connectivity index (χ2v) is 1.59. The maximum atomic E-state index is 4.52. The first kappa shape index (κ1) is 7.05. The van der Waals surface area contributed by atoms with Crippen molar-refractivity contribution >= 4 is 0 Å². The van der Waals surface area contributed by atoms with Gasteiger partial charge in [0.25, 0.3) is 0 Å². The Morgan fingerprint density at radius 3 is 2.90 bits per heavy atom. The Labute approximate surface area is 59.1 Å². The Balaban J connectivity index is 2.40. The number of hydrogen-bond acceptors (Lipinski definition) is 3. The van der Waals surface area contributed by atoms with E-state index in [4.69, 9.17) is 0 Å². The molecule has 54 valence electrons. The Morgan fingerprint density at radius 2 is 1.90 bits per heavy atom. The summed E-state index contributed by atoms with van der Waals surface area (Å²) in [7, 11) is 0. The van der Waals surface area contributed by atoms with Crippen molar-refractivity contribution in [3.8, 4) is 0 Å². The van der Waals surface area contributed by atoms with Gasteiger partial charge >= 0.3 is 0 Å². The molecule has 0 radical (unpaired) electrons. The summed E-state index contributed by atoms with van der Waals surface area (Å²) in [6.07, 6.45) is 10.4. The average Bonchev–Trinajstić information content (AvgIpc) is 2.01. The highest BCUT2D eigenvalue weighted by atomic mass is 17.5. The molecule has 3 heteroatoms. The monoisotopic (exact) mass is 140 g/mol. The first-order chi connectivity index (χ1) is 5.00. The molecular formula is C7H8O3. The molecule has 0 atom stereocenters. The van der Waals surface area contributed by atoms with Gasteiger partial charge in [0.1, 0.15) is 12.9 Å². The molecule has 0 saturated carbocycles. The van der Waals surface area contributed by atoms with Crippen LogP contribution >= 0.6 is 0 Å². The molecule has 0 aromatic heterocycles. The van der Waals surface area contributed by atoms with Crippen molar-refractivity contribution in [3.05, 3.63) is 36.6 Å². The van der Waals surface area contributed by atoms with Crippen LogP contribution in [0.5, 0.6) is 0 Å². The molecule has 3 nitrogen and oxygen atoms in total. The summed E-state index contributed by atoms with van der Waals surface area (Å²) in [5.41, 5.74) is 0. The molecule has 1 aliphatic heterocycles. The first-order valence-electron chi connectivity index (χ1n) is 2.93. The number of hydrogen-bond donors (Lipinski definition) is 0. The van der Waals surface area contributed by atoms with Crippen LogP contribution in [0.25, 0.3) is 0 Å².